The highest BCUT2D eigenvalue weighted by atomic mass is 32.2. The van der Waals surface area contributed by atoms with E-state index < -0.39 is 0 Å². The number of thioether (sulfide) groups is 1. The van der Waals surface area contributed by atoms with E-state index >= 15 is 0 Å². The highest BCUT2D eigenvalue weighted by Crippen LogP contribution is 2.15. The molecule has 170 valence electrons. The van der Waals surface area contributed by atoms with Gasteiger partial charge in [-0.3, -0.25) is 5.41 Å². The fourth-order valence-corrected chi connectivity index (χ4v) is 3.66. The molecule has 0 atom stereocenters. The fraction of sp³-hybridized carbons (Fsp3) is 0.222. The van der Waals surface area contributed by atoms with E-state index in [1.54, 1.807) is 0 Å². The number of amidine groups is 1. The molecule has 2 aromatic carbocycles. The summed E-state index contributed by atoms with van der Waals surface area (Å²) in [7, 11) is 0. The fourth-order valence-electron chi connectivity index (χ4n) is 3.09. The quantitative estimate of drug-likeness (QED) is 0.187. The Morgan fingerprint density at radius 3 is 1.88 bits per heavy atom. The summed E-state index contributed by atoms with van der Waals surface area (Å²) in [5.74, 6) is 0.895. The Bertz CT molecular complexity index is 984. The predicted octanol–water partition coefficient (Wildman–Crippen LogP) is 6.38. The van der Waals surface area contributed by atoms with Crippen molar-refractivity contribution in [3.8, 4) is 6.01 Å². The Hall–Kier alpha value is -3.38. The first kappa shape index (κ1) is 24.3. The molecule has 1 aromatic heterocycles. The van der Waals surface area contributed by atoms with Gasteiger partial charge in [0.1, 0.15) is 0 Å². The molecule has 0 aliphatic rings. The Morgan fingerprint density at radius 2 is 1.33 bits per heavy atom. The van der Waals surface area contributed by atoms with Crippen LogP contribution in [-0.4, -0.2) is 27.5 Å². The van der Waals surface area contributed by atoms with Crippen molar-refractivity contribution in [3.63, 3.8) is 0 Å². The average molecular weight is 459 g/mol. The molecule has 0 saturated carbocycles. The molecule has 0 saturated heterocycles. The lowest BCUT2D eigenvalue weighted by Crippen LogP contribution is -2.05. The Morgan fingerprint density at radius 1 is 0.788 bits per heavy atom. The third-order valence-electron chi connectivity index (χ3n) is 4.76. The van der Waals surface area contributed by atoms with Gasteiger partial charge in [0.2, 0.25) is 0 Å². The van der Waals surface area contributed by atoms with Crippen molar-refractivity contribution in [2.75, 3.05) is 12.4 Å². The van der Waals surface area contributed by atoms with E-state index in [0.29, 0.717) is 12.6 Å². The van der Waals surface area contributed by atoms with Gasteiger partial charge in [0.25, 0.3) is 0 Å². The molecule has 3 N–H and O–H groups in total. The first-order chi connectivity index (χ1) is 16.2. The molecular formula is C27H30N4OS. The van der Waals surface area contributed by atoms with Gasteiger partial charge < -0.3 is 10.5 Å². The number of hydrogen-bond donors (Lipinski definition) is 2. The van der Waals surface area contributed by atoms with Crippen LogP contribution in [0.3, 0.4) is 0 Å². The van der Waals surface area contributed by atoms with Crippen molar-refractivity contribution < 1.29 is 4.74 Å². The number of benzene rings is 2. The van der Waals surface area contributed by atoms with Crippen LogP contribution in [0.15, 0.2) is 66.7 Å². The number of aromatic nitrogens is 2. The second kappa shape index (κ2) is 13.9. The van der Waals surface area contributed by atoms with Crippen molar-refractivity contribution in [1.82, 2.24) is 9.97 Å². The summed E-state index contributed by atoms with van der Waals surface area (Å²) in [5, 5.41) is 7.41. The molecule has 0 amide bonds. The smallest absolute Gasteiger partial charge is 0.317 e. The van der Waals surface area contributed by atoms with Crippen LogP contribution in [0, 0.1) is 5.41 Å². The van der Waals surface area contributed by atoms with Gasteiger partial charge in [-0.25, -0.2) is 0 Å². The second-order valence-corrected chi connectivity index (χ2v) is 8.60. The molecule has 0 aliphatic heterocycles. The number of ether oxygens (including phenoxy) is 1. The number of hydrogen-bond acceptors (Lipinski definition) is 5. The average Bonchev–Trinajstić information content (AvgIpc) is 2.84. The molecule has 1 heterocycles. The molecule has 3 aromatic rings. The number of unbranched alkanes of at least 4 members (excludes halogenated alkanes) is 3. The summed E-state index contributed by atoms with van der Waals surface area (Å²) >= 11 is 1.40. The summed E-state index contributed by atoms with van der Waals surface area (Å²) in [6.45, 7) is 0.577. The lowest BCUT2D eigenvalue weighted by molar-refractivity contribution is 0.281. The van der Waals surface area contributed by atoms with Gasteiger partial charge in [0.15, 0.2) is 5.17 Å². The van der Waals surface area contributed by atoms with Crippen LogP contribution in [0.4, 0.5) is 0 Å². The van der Waals surface area contributed by atoms with Crippen LogP contribution in [0.2, 0.25) is 0 Å². The van der Waals surface area contributed by atoms with E-state index in [4.69, 9.17) is 15.9 Å². The van der Waals surface area contributed by atoms with Crippen LogP contribution in [0.5, 0.6) is 6.01 Å². The lowest BCUT2D eigenvalue weighted by Gasteiger charge is -2.07. The number of nitrogens with two attached hydrogens (primary N) is 1. The van der Waals surface area contributed by atoms with Gasteiger partial charge in [-0.1, -0.05) is 97.4 Å². The maximum absolute atomic E-state index is 7.23. The summed E-state index contributed by atoms with van der Waals surface area (Å²) in [6, 6.07) is 22.6. The molecule has 0 bridgehead atoms. The van der Waals surface area contributed by atoms with Gasteiger partial charge in [0.05, 0.1) is 18.0 Å². The maximum Gasteiger partial charge on any atom is 0.317 e. The van der Waals surface area contributed by atoms with Gasteiger partial charge >= 0.3 is 6.01 Å². The van der Waals surface area contributed by atoms with Crippen LogP contribution in [0.25, 0.3) is 24.3 Å². The van der Waals surface area contributed by atoms with Crippen LogP contribution in [0.1, 0.15) is 48.2 Å². The molecule has 0 radical (unpaired) electrons. The van der Waals surface area contributed by atoms with E-state index in [9.17, 15) is 0 Å². The Balaban J connectivity index is 1.62. The van der Waals surface area contributed by atoms with Crippen LogP contribution in [-0.2, 0) is 0 Å². The third kappa shape index (κ3) is 9.74. The van der Waals surface area contributed by atoms with E-state index in [2.05, 4.69) is 34.2 Å². The number of rotatable bonds is 12. The normalized spacial score (nSPS) is 11.3. The zero-order valence-corrected chi connectivity index (χ0v) is 19.5. The first-order valence-corrected chi connectivity index (χ1v) is 12.1. The molecular weight excluding hydrogens is 428 g/mol. The molecule has 33 heavy (non-hydrogen) atoms. The molecule has 0 spiro atoms. The second-order valence-electron chi connectivity index (χ2n) is 7.46. The lowest BCUT2D eigenvalue weighted by atomic mass is 10.2. The van der Waals surface area contributed by atoms with Gasteiger partial charge in [-0.05, 0) is 42.2 Å². The number of nitrogens with one attached hydrogen (secondary N) is 1. The summed E-state index contributed by atoms with van der Waals surface area (Å²) in [4.78, 5) is 9.15. The Labute approximate surface area is 200 Å². The SMILES string of the molecule is N=C(N)SCCCCCCOc1nc(/C=C/c2ccccc2)cc(/C=C/c2ccccc2)n1. The molecule has 3 rings (SSSR count). The monoisotopic (exact) mass is 458 g/mol. The van der Waals surface area contributed by atoms with Crippen molar-refractivity contribution in [1.29, 1.82) is 5.41 Å². The summed E-state index contributed by atoms with van der Waals surface area (Å²) in [6.07, 6.45) is 12.2. The first-order valence-electron chi connectivity index (χ1n) is 11.1. The number of nitrogens with zero attached hydrogens (tertiary/aromatic N) is 2. The molecule has 0 unspecified atom stereocenters. The van der Waals surface area contributed by atoms with Gasteiger partial charge in [0, 0.05) is 5.75 Å². The minimum atomic E-state index is 0.189. The molecule has 6 heteroatoms. The summed E-state index contributed by atoms with van der Waals surface area (Å²) in [5.41, 5.74) is 9.19. The molecule has 0 aliphatic carbocycles. The Kier molecular flexibility index (Phi) is 10.2. The zero-order chi connectivity index (χ0) is 23.1. The topological polar surface area (TPSA) is 84.9 Å². The minimum absolute atomic E-state index is 0.189. The van der Waals surface area contributed by atoms with Crippen molar-refractivity contribution in [2.24, 2.45) is 5.73 Å². The van der Waals surface area contributed by atoms with E-state index in [-0.39, 0.29) is 5.17 Å². The van der Waals surface area contributed by atoms with Crippen molar-refractivity contribution in [3.05, 3.63) is 89.2 Å². The largest absolute Gasteiger partial charge is 0.463 e. The van der Waals surface area contributed by atoms with E-state index in [0.717, 1.165) is 54.0 Å². The van der Waals surface area contributed by atoms with Crippen molar-refractivity contribution in [2.45, 2.75) is 25.7 Å². The third-order valence-corrected chi connectivity index (χ3v) is 5.57. The highest BCUT2D eigenvalue weighted by molar-refractivity contribution is 8.13. The van der Waals surface area contributed by atoms with E-state index in [1.165, 1.54) is 11.8 Å². The van der Waals surface area contributed by atoms with E-state index in [1.807, 2.05) is 66.8 Å². The summed E-state index contributed by atoms with van der Waals surface area (Å²) < 4.78 is 5.89. The van der Waals surface area contributed by atoms with Crippen LogP contribution >= 0.6 is 11.8 Å². The zero-order valence-electron chi connectivity index (χ0n) is 18.7. The highest BCUT2D eigenvalue weighted by Gasteiger charge is 2.03. The maximum atomic E-state index is 7.23. The predicted molar refractivity (Wildman–Crippen MR) is 141 cm³/mol. The minimum Gasteiger partial charge on any atom is -0.463 e. The molecule has 0 fully saturated rings. The molecule has 5 nitrogen and oxygen atoms in total. The van der Waals surface area contributed by atoms with Crippen molar-refractivity contribution >= 4 is 41.2 Å². The van der Waals surface area contributed by atoms with Crippen LogP contribution < -0.4 is 10.5 Å². The van der Waals surface area contributed by atoms with Gasteiger partial charge in [-0.2, -0.15) is 9.97 Å². The standard InChI is InChI=1S/C27H30N4OS/c28-26(29)33-20-10-2-1-9-19-32-27-30-24(17-15-22-11-5-3-6-12-22)21-25(31-27)18-16-23-13-7-4-8-14-23/h3-8,11-18,21H,1-2,9-10,19-20H2,(H3,28,29)/b17-15+,18-16+. The van der Waals surface area contributed by atoms with Gasteiger partial charge in [-0.15, -0.1) is 0 Å².